The van der Waals surface area contributed by atoms with E-state index in [4.69, 9.17) is 5.11 Å². The second-order valence-electron chi connectivity index (χ2n) is 6.30. The highest BCUT2D eigenvalue weighted by Gasteiger charge is 2.29. The third kappa shape index (κ3) is 5.40. The number of carbonyl (C=O) groups is 3. The Balaban J connectivity index is 2.18. The molecule has 2 aromatic rings. The van der Waals surface area contributed by atoms with E-state index in [-0.39, 0.29) is 17.4 Å². The van der Waals surface area contributed by atoms with Crippen LogP contribution < -0.4 is 5.32 Å². The van der Waals surface area contributed by atoms with Crippen LogP contribution in [0.3, 0.4) is 0 Å². The molecular formula is C19H20FNO4S2. The largest absolute Gasteiger partial charge is 0.480 e. The number of halogens is 1. The number of anilines is 1. The predicted octanol–water partition coefficient (Wildman–Crippen LogP) is 4.22. The molecule has 0 aliphatic carbocycles. The maximum Gasteiger partial charge on any atom is 0.319 e. The number of carboxylic acids is 1. The van der Waals surface area contributed by atoms with E-state index in [9.17, 15) is 18.8 Å². The minimum absolute atomic E-state index is 0.0527. The fraction of sp³-hybridized carbons (Fsp3) is 0.316. The van der Waals surface area contributed by atoms with Crippen molar-refractivity contribution in [3.63, 3.8) is 0 Å². The van der Waals surface area contributed by atoms with Crippen LogP contribution in [0.5, 0.6) is 0 Å². The minimum Gasteiger partial charge on any atom is -0.480 e. The van der Waals surface area contributed by atoms with E-state index < -0.39 is 16.5 Å². The van der Waals surface area contributed by atoms with Gasteiger partial charge < -0.3 is 10.4 Å². The molecule has 0 unspecified atom stereocenters. The summed E-state index contributed by atoms with van der Waals surface area (Å²) in [5.74, 6) is -2.18. The van der Waals surface area contributed by atoms with Crippen molar-refractivity contribution in [2.24, 2.45) is 0 Å². The number of carbonyl (C=O) groups excluding carboxylic acids is 2. The van der Waals surface area contributed by atoms with Gasteiger partial charge in [-0.1, -0.05) is 6.92 Å². The Morgan fingerprint density at radius 1 is 1.22 bits per heavy atom. The van der Waals surface area contributed by atoms with Crippen molar-refractivity contribution < 1.29 is 23.9 Å². The summed E-state index contributed by atoms with van der Waals surface area (Å²) in [4.78, 5) is 37.1. The van der Waals surface area contributed by atoms with E-state index >= 15 is 0 Å². The second kappa shape index (κ2) is 8.67. The molecule has 0 aliphatic heterocycles. The van der Waals surface area contributed by atoms with Crippen LogP contribution in [0, 0.1) is 5.82 Å². The van der Waals surface area contributed by atoms with Crippen LogP contribution in [-0.4, -0.2) is 33.3 Å². The highest BCUT2D eigenvalue weighted by Crippen LogP contribution is 2.31. The molecule has 8 heteroatoms. The Bertz CT molecular complexity index is 859. The summed E-state index contributed by atoms with van der Waals surface area (Å²) in [6, 6.07) is 6.95. The number of amides is 1. The monoisotopic (exact) mass is 409 g/mol. The maximum atomic E-state index is 13.1. The van der Waals surface area contributed by atoms with Crippen LogP contribution >= 0.6 is 23.1 Å². The molecule has 0 fully saturated rings. The average Bonchev–Trinajstić information content (AvgIpc) is 3.03. The van der Waals surface area contributed by atoms with Crippen molar-refractivity contribution >= 4 is 45.8 Å². The summed E-state index contributed by atoms with van der Waals surface area (Å²) in [6.07, 6.45) is 0.699. The average molecular weight is 410 g/mol. The van der Waals surface area contributed by atoms with Crippen LogP contribution in [0.1, 0.15) is 41.6 Å². The van der Waals surface area contributed by atoms with E-state index in [1.54, 1.807) is 6.07 Å². The summed E-state index contributed by atoms with van der Waals surface area (Å²) in [5.41, 5.74) is 0.674. The molecule has 5 nitrogen and oxygen atoms in total. The van der Waals surface area contributed by atoms with E-state index in [0.29, 0.717) is 22.5 Å². The fourth-order valence-corrected chi connectivity index (χ4v) is 3.80. The first-order chi connectivity index (χ1) is 12.6. The molecule has 1 heterocycles. The summed E-state index contributed by atoms with van der Waals surface area (Å²) in [6.45, 7) is 4.99. The van der Waals surface area contributed by atoms with E-state index in [2.05, 4.69) is 5.32 Å². The first kappa shape index (κ1) is 21.1. The fourth-order valence-electron chi connectivity index (χ4n) is 2.10. The van der Waals surface area contributed by atoms with Crippen LogP contribution in [0.25, 0.3) is 0 Å². The highest BCUT2D eigenvalue weighted by atomic mass is 32.2. The number of aliphatic carboxylic acids is 1. The van der Waals surface area contributed by atoms with Gasteiger partial charge in [0.15, 0.2) is 5.78 Å². The van der Waals surface area contributed by atoms with Crippen molar-refractivity contribution in [2.75, 3.05) is 11.1 Å². The van der Waals surface area contributed by atoms with Crippen molar-refractivity contribution in [2.45, 2.75) is 31.9 Å². The van der Waals surface area contributed by atoms with Gasteiger partial charge in [0.2, 0.25) is 5.91 Å². The van der Waals surface area contributed by atoms with Crippen molar-refractivity contribution in [1.29, 1.82) is 0 Å². The topological polar surface area (TPSA) is 83.5 Å². The Hall–Kier alpha value is -2.19. The first-order valence-corrected chi connectivity index (χ1v) is 10.0. The zero-order chi connectivity index (χ0) is 20.2. The van der Waals surface area contributed by atoms with Gasteiger partial charge >= 0.3 is 5.97 Å². The van der Waals surface area contributed by atoms with Crippen LogP contribution in [0.2, 0.25) is 0 Å². The maximum absolute atomic E-state index is 13.1. The number of benzene rings is 1. The lowest BCUT2D eigenvalue weighted by molar-refractivity contribution is -0.138. The Morgan fingerprint density at radius 2 is 1.85 bits per heavy atom. The minimum atomic E-state index is -1.09. The number of rotatable bonds is 8. The van der Waals surface area contributed by atoms with Crippen LogP contribution in [0.4, 0.5) is 9.39 Å². The van der Waals surface area contributed by atoms with Crippen molar-refractivity contribution in [1.82, 2.24) is 0 Å². The van der Waals surface area contributed by atoms with Gasteiger partial charge in [0, 0.05) is 10.4 Å². The number of carboxylic acid groups (broad SMARTS) is 1. The number of aryl methyl sites for hydroxylation is 1. The van der Waals surface area contributed by atoms with E-state index in [1.807, 2.05) is 6.92 Å². The Kier molecular flexibility index (Phi) is 6.78. The highest BCUT2D eigenvalue weighted by molar-refractivity contribution is 8.02. The molecule has 2 N–H and O–H groups in total. The third-order valence-corrected chi connectivity index (χ3v) is 6.31. The van der Waals surface area contributed by atoms with Crippen LogP contribution in [0.15, 0.2) is 30.3 Å². The molecule has 0 atom stereocenters. The van der Waals surface area contributed by atoms with Gasteiger partial charge in [0.25, 0.3) is 0 Å². The summed E-state index contributed by atoms with van der Waals surface area (Å²) >= 11 is 2.31. The molecule has 0 bridgehead atoms. The number of hydrogen-bond acceptors (Lipinski definition) is 5. The SMILES string of the molecule is CCc1cc(C(=O)c2ccc(F)cc2)c(NC(=O)CSC(C)(C)C(=O)O)s1. The smallest absolute Gasteiger partial charge is 0.319 e. The summed E-state index contributed by atoms with van der Waals surface area (Å²) in [7, 11) is 0. The number of ketones is 1. The quantitative estimate of drug-likeness (QED) is 0.638. The van der Waals surface area contributed by atoms with Crippen LogP contribution in [-0.2, 0) is 16.0 Å². The molecule has 0 saturated carbocycles. The van der Waals surface area contributed by atoms with Crippen molar-refractivity contribution in [3.8, 4) is 0 Å². The number of nitrogens with one attached hydrogen (secondary N) is 1. The lowest BCUT2D eigenvalue weighted by Gasteiger charge is -2.17. The molecule has 27 heavy (non-hydrogen) atoms. The predicted molar refractivity (Wildman–Crippen MR) is 106 cm³/mol. The normalized spacial score (nSPS) is 11.3. The third-order valence-electron chi connectivity index (χ3n) is 3.81. The van der Waals surface area contributed by atoms with Gasteiger partial charge in [-0.3, -0.25) is 14.4 Å². The molecular weight excluding hydrogens is 389 g/mol. The lowest BCUT2D eigenvalue weighted by Crippen LogP contribution is -2.29. The van der Waals surface area contributed by atoms with Gasteiger partial charge in [0.1, 0.15) is 15.6 Å². The van der Waals surface area contributed by atoms with Gasteiger partial charge in [0.05, 0.1) is 11.3 Å². The molecule has 2 rings (SSSR count). The molecule has 1 aromatic carbocycles. The van der Waals surface area contributed by atoms with Crippen molar-refractivity contribution in [3.05, 3.63) is 52.2 Å². The molecule has 144 valence electrons. The molecule has 1 aromatic heterocycles. The molecule has 0 radical (unpaired) electrons. The summed E-state index contributed by atoms with van der Waals surface area (Å²) in [5, 5.41) is 12.2. The first-order valence-electron chi connectivity index (χ1n) is 8.24. The molecule has 0 aliphatic rings. The van der Waals surface area contributed by atoms with Gasteiger partial charge in [-0.15, -0.1) is 23.1 Å². The number of hydrogen-bond donors (Lipinski definition) is 2. The van der Waals surface area contributed by atoms with E-state index in [0.717, 1.165) is 16.6 Å². The van der Waals surface area contributed by atoms with Gasteiger partial charge in [-0.05, 0) is 50.6 Å². The molecule has 1 amide bonds. The zero-order valence-corrected chi connectivity index (χ0v) is 16.8. The van der Waals surface area contributed by atoms with Gasteiger partial charge in [-0.2, -0.15) is 0 Å². The zero-order valence-electron chi connectivity index (χ0n) is 15.2. The number of thiophene rings is 1. The lowest BCUT2D eigenvalue weighted by atomic mass is 10.0. The van der Waals surface area contributed by atoms with E-state index in [1.165, 1.54) is 49.4 Å². The van der Waals surface area contributed by atoms with Gasteiger partial charge in [-0.25, -0.2) is 4.39 Å². The molecule has 0 saturated heterocycles. The Morgan fingerprint density at radius 3 is 2.41 bits per heavy atom. The standard InChI is InChI=1S/C19H20FNO4S2/c1-4-13-9-14(16(23)11-5-7-12(20)8-6-11)17(27-13)21-15(22)10-26-19(2,3)18(24)25/h5-9H,4,10H2,1-3H3,(H,21,22)(H,24,25). The second-order valence-corrected chi connectivity index (χ2v) is 9.03. The number of thioether (sulfide) groups is 1. The molecule has 0 spiro atoms. The Labute approximate surface area is 165 Å². The summed E-state index contributed by atoms with van der Waals surface area (Å²) < 4.78 is 12.0.